The zero-order valence-corrected chi connectivity index (χ0v) is 21.9. The number of methoxy groups -OCH3 is 2. The third-order valence-electron chi connectivity index (χ3n) is 6.96. The maximum Gasteiger partial charge on any atom is 0.324 e. The second-order valence-corrected chi connectivity index (χ2v) is 9.33. The number of fused-ring (bicyclic) bond motifs is 1. The molecule has 2 heterocycles. The Morgan fingerprint density at radius 3 is 2.26 bits per heavy atom. The van der Waals surface area contributed by atoms with Gasteiger partial charge in [0.2, 0.25) is 0 Å². The van der Waals surface area contributed by atoms with Gasteiger partial charge in [0.15, 0.2) is 17.4 Å². The highest BCUT2D eigenvalue weighted by Gasteiger charge is 2.22. The van der Waals surface area contributed by atoms with Crippen molar-refractivity contribution < 1.29 is 19.4 Å². The van der Waals surface area contributed by atoms with E-state index < -0.39 is 0 Å². The number of carbonyl (C=O) groups excluding carboxylic acids is 1. The van der Waals surface area contributed by atoms with E-state index >= 15 is 0 Å². The van der Waals surface area contributed by atoms with Crippen molar-refractivity contribution in [2.45, 2.75) is 19.3 Å². The van der Waals surface area contributed by atoms with Crippen LogP contribution in [0.5, 0.6) is 17.4 Å². The number of nitrogens with zero attached hydrogens (tertiary/aromatic N) is 3. The van der Waals surface area contributed by atoms with E-state index in [0.29, 0.717) is 34.0 Å². The second-order valence-electron chi connectivity index (χ2n) is 9.33. The molecule has 5 rings (SSSR count). The number of hydrogen-bond donors (Lipinski definition) is 2. The van der Waals surface area contributed by atoms with E-state index in [0.717, 1.165) is 42.6 Å². The fourth-order valence-corrected chi connectivity index (χ4v) is 4.90. The molecule has 1 aliphatic heterocycles. The Hall–Kier alpha value is -4.46. The molecule has 1 saturated heterocycles. The average Bonchev–Trinajstić information content (AvgIpc) is 3.29. The number of urea groups is 1. The van der Waals surface area contributed by atoms with Gasteiger partial charge in [-0.05, 0) is 49.6 Å². The van der Waals surface area contributed by atoms with Gasteiger partial charge in [-0.15, -0.1) is 0 Å². The van der Waals surface area contributed by atoms with Gasteiger partial charge in [0.1, 0.15) is 0 Å². The summed E-state index contributed by atoms with van der Waals surface area (Å²) < 4.78 is 10.9. The van der Waals surface area contributed by atoms with Crippen LogP contribution in [-0.2, 0) is 0 Å². The van der Waals surface area contributed by atoms with Crippen LogP contribution in [0.25, 0.3) is 10.9 Å². The molecule has 3 aromatic carbocycles. The first-order valence-corrected chi connectivity index (χ1v) is 12.7. The van der Waals surface area contributed by atoms with E-state index in [1.54, 1.807) is 32.2 Å². The van der Waals surface area contributed by atoms with Crippen LogP contribution in [0.15, 0.2) is 71.7 Å². The summed E-state index contributed by atoms with van der Waals surface area (Å²) in [6, 6.07) is 20.9. The number of aliphatic imine (C=N–C) groups is 1. The number of amides is 2. The van der Waals surface area contributed by atoms with Crippen molar-refractivity contribution in [3.8, 4) is 17.4 Å². The summed E-state index contributed by atoms with van der Waals surface area (Å²) >= 11 is 0. The van der Waals surface area contributed by atoms with Gasteiger partial charge in [-0.1, -0.05) is 30.3 Å². The Labute approximate surface area is 222 Å². The average molecular weight is 513 g/mol. The quantitative estimate of drug-likeness (QED) is 0.305. The molecule has 38 heavy (non-hydrogen) atoms. The Bertz CT molecular complexity index is 1460. The Balaban J connectivity index is 1.54. The lowest BCUT2D eigenvalue weighted by Crippen LogP contribution is -2.43. The van der Waals surface area contributed by atoms with Crippen LogP contribution in [0.1, 0.15) is 30.4 Å². The van der Waals surface area contributed by atoms with E-state index in [1.807, 2.05) is 65.6 Å². The van der Waals surface area contributed by atoms with Crippen LogP contribution in [-0.4, -0.2) is 61.1 Å². The van der Waals surface area contributed by atoms with Gasteiger partial charge in [0, 0.05) is 42.8 Å². The summed E-state index contributed by atoms with van der Waals surface area (Å²) in [6.07, 6.45) is 3.28. The predicted molar refractivity (Wildman–Crippen MR) is 150 cm³/mol. The van der Waals surface area contributed by atoms with Crippen LogP contribution in [0.2, 0.25) is 0 Å². The molecule has 1 fully saturated rings. The van der Waals surface area contributed by atoms with Crippen molar-refractivity contribution in [3.05, 3.63) is 77.9 Å². The van der Waals surface area contributed by atoms with E-state index in [1.165, 1.54) is 6.42 Å². The lowest BCUT2D eigenvalue weighted by atomic mass is 10.0. The van der Waals surface area contributed by atoms with E-state index in [-0.39, 0.29) is 11.9 Å². The van der Waals surface area contributed by atoms with E-state index in [4.69, 9.17) is 14.5 Å². The normalized spacial score (nSPS) is 14.0. The number of hydrogen-bond acceptors (Lipinski definition) is 5. The van der Waals surface area contributed by atoms with Gasteiger partial charge in [-0.2, -0.15) is 0 Å². The standard InChI is InChI=1S/C30H32N4O4/c1-33(30(36)34-16-8-5-9-17-34)22-14-12-21(13-15-22)31-28(20-10-6-4-7-11-20)27-23-18-25(37-2)26(38-3)19-24(23)32-29(27)35/h4,6-7,10-15,18-19,32,35H,5,8-9,16-17H2,1-3H3. The molecule has 0 spiro atoms. The maximum atomic E-state index is 12.9. The first kappa shape index (κ1) is 25.2. The van der Waals surface area contributed by atoms with Crippen LogP contribution in [0.3, 0.4) is 0 Å². The van der Waals surface area contributed by atoms with Crippen molar-refractivity contribution in [3.63, 3.8) is 0 Å². The van der Waals surface area contributed by atoms with Crippen molar-refractivity contribution in [1.29, 1.82) is 0 Å². The van der Waals surface area contributed by atoms with Gasteiger partial charge >= 0.3 is 6.03 Å². The molecular weight excluding hydrogens is 480 g/mol. The van der Waals surface area contributed by atoms with Crippen LogP contribution in [0, 0.1) is 0 Å². The Morgan fingerprint density at radius 1 is 0.947 bits per heavy atom. The molecular formula is C30H32N4O4. The number of nitrogens with one attached hydrogen (secondary N) is 1. The molecule has 8 nitrogen and oxygen atoms in total. The summed E-state index contributed by atoms with van der Waals surface area (Å²) in [7, 11) is 4.96. The minimum atomic E-state index is 0.00129. The molecule has 2 amide bonds. The fourth-order valence-electron chi connectivity index (χ4n) is 4.90. The molecule has 1 aromatic heterocycles. The number of piperidine rings is 1. The molecule has 0 saturated carbocycles. The molecule has 8 heteroatoms. The predicted octanol–water partition coefficient (Wildman–Crippen LogP) is 6.10. The highest BCUT2D eigenvalue weighted by Crippen LogP contribution is 2.38. The lowest BCUT2D eigenvalue weighted by Gasteiger charge is -2.31. The van der Waals surface area contributed by atoms with Crippen molar-refractivity contribution in [1.82, 2.24) is 9.88 Å². The number of benzene rings is 3. The van der Waals surface area contributed by atoms with Gasteiger partial charge in [0.05, 0.1) is 36.7 Å². The Kier molecular flexibility index (Phi) is 7.22. The van der Waals surface area contributed by atoms with Crippen LogP contribution in [0.4, 0.5) is 16.2 Å². The molecule has 0 aliphatic carbocycles. The summed E-state index contributed by atoms with van der Waals surface area (Å²) in [4.78, 5) is 24.5. The molecule has 2 N–H and O–H groups in total. The van der Waals surface area contributed by atoms with Crippen molar-refractivity contribution in [2.24, 2.45) is 4.99 Å². The minimum absolute atomic E-state index is 0.00129. The number of aromatic hydroxyl groups is 1. The minimum Gasteiger partial charge on any atom is -0.494 e. The number of H-pyrrole nitrogens is 1. The van der Waals surface area contributed by atoms with Crippen molar-refractivity contribution >= 4 is 34.0 Å². The zero-order chi connectivity index (χ0) is 26.6. The first-order valence-electron chi connectivity index (χ1n) is 12.7. The van der Waals surface area contributed by atoms with Gasteiger partial charge in [0.25, 0.3) is 0 Å². The molecule has 0 bridgehead atoms. The van der Waals surface area contributed by atoms with Crippen LogP contribution >= 0.6 is 0 Å². The van der Waals surface area contributed by atoms with E-state index in [9.17, 15) is 9.90 Å². The summed E-state index contributed by atoms with van der Waals surface area (Å²) in [5.74, 6) is 1.12. The SMILES string of the molecule is COc1cc2[nH]c(O)c(C(=Nc3ccc(N(C)C(=O)N4CCCCC4)cc3)c3ccccc3)c2cc1OC. The molecule has 196 valence electrons. The number of aromatic amines is 1. The smallest absolute Gasteiger partial charge is 0.324 e. The summed E-state index contributed by atoms with van der Waals surface area (Å²) in [5, 5.41) is 11.8. The molecule has 0 atom stereocenters. The number of aromatic nitrogens is 1. The molecule has 0 unspecified atom stereocenters. The molecule has 4 aromatic rings. The second kappa shape index (κ2) is 10.9. The zero-order valence-electron chi connectivity index (χ0n) is 21.9. The topological polar surface area (TPSA) is 90.4 Å². The maximum absolute atomic E-state index is 12.9. The van der Waals surface area contributed by atoms with Crippen molar-refractivity contribution in [2.75, 3.05) is 39.3 Å². The van der Waals surface area contributed by atoms with Gasteiger partial charge in [-0.3, -0.25) is 4.90 Å². The monoisotopic (exact) mass is 512 g/mol. The van der Waals surface area contributed by atoms with E-state index in [2.05, 4.69) is 4.98 Å². The third kappa shape index (κ3) is 4.89. The number of ether oxygens (including phenoxy) is 2. The largest absolute Gasteiger partial charge is 0.494 e. The fraction of sp³-hybridized carbons (Fsp3) is 0.267. The van der Waals surface area contributed by atoms with Crippen LogP contribution < -0.4 is 14.4 Å². The van der Waals surface area contributed by atoms with Gasteiger partial charge in [-0.25, -0.2) is 9.79 Å². The third-order valence-corrected chi connectivity index (χ3v) is 6.96. The highest BCUT2D eigenvalue weighted by molar-refractivity contribution is 6.22. The lowest BCUT2D eigenvalue weighted by molar-refractivity contribution is 0.194. The number of likely N-dealkylation sites (tertiary alicyclic amines) is 1. The van der Waals surface area contributed by atoms with Gasteiger partial charge < -0.3 is 24.5 Å². The number of rotatable bonds is 6. The molecule has 0 radical (unpaired) electrons. The number of anilines is 1. The first-order chi connectivity index (χ1) is 18.5. The summed E-state index contributed by atoms with van der Waals surface area (Å²) in [6.45, 7) is 1.60. The Morgan fingerprint density at radius 2 is 1.61 bits per heavy atom. The number of carbonyl (C=O) groups is 1. The summed E-state index contributed by atoms with van der Waals surface area (Å²) in [5.41, 5.74) is 4.21. The highest BCUT2D eigenvalue weighted by atomic mass is 16.5. The molecule has 1 aliphatic rings.